The standard InChI is InChI=1S/C17H12N2O2/c20-17-10-21-16-7-11(5-6-15(16)19-17)14-9-18-8-12-3-1-2-4-13(12)14/h1-9H,10H2,(H,19,20). The summed E-state index contributed by atoms with van der Waals surface area (Å²) >= 11 is 0. The minimum Gasteiger partial charge on any atom is -0.482 e. The highest BCUT2D eigenvalue weighted by atomic mass is 16.5. The molecule has 0 saturated heterocycles. The van der Waals surface area contributed by atoms with Gasteiger partial charge in [0.2, 0.25) is 0 Å². The molecule has 1 aliphatic rings. The molecule has 21 heavy (non-hydrogen) atoms. The van der Waals surface area contributed by atoms with Crippen LogP contribution in [0, 0.1) is 0 Å². The molecule has 2 aromatic carbocycles. The summed E-state index contributed by atoms with van der Waals surface area (Å²) in [6.45, 7) is 0.0598. The Morgan fingerprint density at radius 1 is 1.10 bits per heavy atom. The number of pyridine rings is 1. The number of rotatable bonds is 1. The third-order valence-electron chi connectivity index (χ3n) is 3.59. The van der Waals surface area contributed by atoms with Gasteiger partial charge in [0.05, 0.1) is 5.69 Å². The van der Waals surface area contributed by atoms with Gasteiger partial charge in [-0.1, -0.05) is 30.3 Å². The van der Waals surface area contributed by atoms with E-state index in [1.54, 1.807) is 0 Å². The Kier molecular flexibility index (Phi) is 2.60. The van der Waals surface area contributed by atoms with E-state index in [4.69, 9.17) is 4.74 Å². The molecule has 0 aliphatic carbocycles. The second kappa shape index (κ2) is 4.59. The zero-order chi connectivity index (χ0) is 14.2. The molecule has 0 bridgehead atoms. The van der Waals surface area contributed by atoms with Gasteiger partial charge in [-0.15, -0.1) is 0 Å². The molecule has 4 rings (SSSR count). The van der Waals surface area contributed by atoms with Crippen LogP contribution in [0.4, 0.5) is 5.69 Å². The lowest BCUT2D eigenvalue weighted by molar-refractivity contribution is -0.118. The lowest BCUT2D eigenvalue weighted by atomic mass is 10.0. The van der Waals surface area contributed by atoms with Crippen molar-refractivity contribution in [2.75, 3.05) is 11.9 Å². The Balaban J connectivity index is 1.88. The molecule has 1 aromatic heterocycles. The molecule has 4 nitrogen and oxygen atoms in total. The first-order valence-corrected chi connectivity index (χ1v) is 6.71. The number of nitrogens with one attached hydrogen (secondary N) is 1. The number of nitrogens with zero attached hydrogens (tertiary/aromatic N) is 1. The van der Waals surface area contributed by atoms with E-state index in [1.807, 2.05) is 48.8 Å². The fourth-order valence-electron chi connectivity index (χ4n) is 2.59. The number of benzene rings is 2. The van der Waals surface area contributed by atoms with Gasteiger partial charge in [-0.3, -0.25) is 9.78 Å². The second-order valence-corrected chi connectivity index (χ2v) is 4.96. The van der Waals surface area contributed by atoms with E-state index in [1.165, 1.54) is 0 Å². The van der Waals surface area contributed by atoms with Crippen LogP contribution in [0.1, 0.15) is 0 Å². The van der Waals surface area contributed by atoms with Gasteiger partial charge in [-0.2, -0.15) is 0 Å². The third-order valence-corrected chi connectivity index (χ3v) is 3.59. The van der Waals surface area contributed by atoms with Crippen LogP contribution in [-0.2, 0) is 4.79 Å². The van der Waals surface area contributed by atoms with Gasteiger partial charge in [0, 0.05) is 23.3 Å². The highest BCUT2D eigenvalue weighted by Gasteiger charge is 2.16. The highest BCUT2D eigenvalue weighted by molar-refractivity contribution is 5.98. The van der Waals surface area contributed by atoms with Crippen LogP contribution < -0.4 is 10.1 Å². The first-order valence-electron chi connectivity index (χ1n) is 6.71. The quantitative estimate of drug-likeness (QED) is 0.742. The predicted molar refractivity (Wildman–Crippen MR) is 81.3 cm³/mol. The van der Waals surface area contributed by atoms with Crippen LogP contribution in [-0.4, -0.2) is 17.5 Å². The first-order chi connectivity index (χ1) is 10.3. The zero-order valence-electron chi connectivity index (χ0n) is 11.2. The number of amides is 1. The summed E-state index contributed by atoms with van der Waals surface area (Å²) in [7, 11) is 0. The van der Waals surface area contributed by atoms with Gasteiger partial charge in [-0.05, 0) is 23.1 Å². The zero-order valence-corrected chi connectivity index (χ0v) is 11.2. The average Bonchev–Trinajstić information content (AvgIpc) is 2.54. The van der Waals surface area contributed by atoms with Crippen LogP contribution in [0.15, 0.2) is 54.9 Å². The molecule has 3 aromatic rings. The second-order valence-electron chi connectivity index (χ2n) is 4.96. The van der Waals surface area contributed by atoms with E-state index >= 15 is 0 Å². The van der Waals surface area contributed by atoms with Crippen molar-refractivity contribution in [3.63, 3.8) is 0 Å². The summed E-state index contributed by atoms with van der Waals surface area (Å²) < 4.78 is 5.48. The van der Waals surface area contributed by atoms with Gasteiger partial charge in [0.25, 0.3) is 5.91 Å². The molecular weight excluding hydrogens is 264 g/mol. The topological polar surface area (TPSA) is 51.2 Å². The molecule has 2 heterocycles. The number of ether oxygens (including phenoxy) is 1. The molecule has 1 N–H and O–H groups in total. The van der Waals surface area contributed by atoms with E-state index < -0.39 is 0 Å². The highest BCUT2D eigenvalue weighted by Crippen LogP contribution is 2.35. The average molecular weight is 276 g/mol. The Bertz CT molecular complexity index is 853. The van der Waals surface area contributed by atoms with Crippen molar-refractivity contribution < 1.29 is 9.53 Å². The molecule has 1 amide bonds. The number of fused-ring (bicyclic) bond motifs is 2. The van der Waals surface area contributed by atoms with E-state index in [2.05, 4.69) is 16.4 Å². The fraction of sp³-hybridized carbons (Fsp3) is 0.0588. The Hall–Kier alpha value is -2.88. The van der Waals surface area contributed by atoms with Gasteiger partial charge in [0.1, 0.15) is 5.75 Å². The fourth-order valence-corrected chi connectivity index (χ4v) is 2.59. The summed E-state index contributed by atoms with van der Waals surface area (Å²) in [5.74, 6) is 0.571. The van der Waals surface area contributed by atoms with Crippen molar-refractivity contribution in [1.29, 1.82) is 0 Å². The molecule has 102 valence electrons. The van der Waals surface area contributed by atoms with Crippen molar-refractivity contribution in [2.45, 2.75) is 0 Å². The number of hydrogen-bond donors (Lipinski definition) is 1. The van der Waals surface area contributed by atoms with E-state index in [0.29, 0.717) is 11.4 Å². The predicted octanol–water partition coefficient (Wildman–Crippen LogP) is 3.23. The molecule has 4 heteroatoms. The molecule has 0 fully saturated rings. The van der Waals surface area contributed by atoms with Crippen LogP contribution in [0.5, 0.6) is 5.75 Å². The summed E-state index contributed by atoms with van der Waals surface area (Å²) in [4.78, 5) is 15.6. The van der Waals surface area contributed by atoms with Crippen molar-refractivity contribution in [3.05, 3.63) is 54.9 Å². The minimum absolute atomic E-state index is 0.0598. The third kappa shape index (κ3) is 2.01. The lowest BCUT2D eigenvalue weighted by Gasteiger charge is -2.18. The van der Waals surface area contributed by atoms with Crippen molar-refractivity contribution in [1.82, 2.24) is 4.98 Å². The van der Waals surface area contributed by atoms with Crippen LogP contribution >= 0.6 is 0 Å². The largest absolute Gasteiger partial charge is 0.482 e. The van der Waals surface area contributed by atoms with Crippen LogP contribution in [0.2, 0.25) is 0 Å². The van der Waals surface area contributed by atoms with Crippen molar-refractivity contribution in [2.24, 2.45) is 0 Å². The Morgan fingerprint density at radius 3 is 2.95 bits per heavy atom. The van der Waals surface area contributed by atoms with E-state index in [0.717, 1.165) is 21.9 Å². The minimum atomic E-state index is -0.123. The number of carbonyl (C=O) groups excluding carboxylic acids is 1. The molecule has 0 radical (unpaired) electrons. The number of aromatic nitrogens is 1. The van der Waals surface area contributed by atoms with E-state index in [-0.39, 0.29) is 12.5 Å². The molecular formula is C17H12N2O2. The van der Waals surface area contributed by atoms with E-state index in [9.17, 15) is 4.79 Å². The van der Waals surface area contributed by atoms with Crippen LogP contribution in [0.3, 0.4) is 0 Å². The summed E-state index contributed by atoms with van der Waals surface area (Å²) in [5.41, 5.74) is 2.79. The monoisotopic (exact) mass is 276 g/mol. The maximum atomic E-state index is 11.3. The molecule has 0 saturated carbocycles. The summed E-state index contributed by atoms with van der Waals surface area (Å²) in [6.07, 6.45) is 3.71. The SMILES string of the molecule is O=C1COc2cc(-c3cncc4ccccc34)ccc2N1. The normalized spacial score (nSPS) is 13.4. The number of carbonyl (C=O) groups is 1. The summed E-state index contributed by atoms with van der Waals surface area (Å²) in [6, 6.07) is 13.9. The van der Waals surface area contributed by atoms with Crippen molar-refractivity contribution in [3.8, 4) is 16.9 Å². The maximum absolute atomic E-state index is 11.3. The number of hydrogen-bond acceptors (Lipinski definition) is 3. The van der Waals surface area contributed by atoms with Gasteiger partial charge >= 0.3 is 0 Å². The maximum Gasteiger partial charge on any atom is 0.262 e. The molecule has 0 atom stereocenters. The van der Waals surface area contributed by atoms with Crippen LogP contribution in [0.25, 0.3) is 21.9 Å². The first kappa shape index (κ1) is 11.9. The van der Waals surface area contributed by atoms with Gasteiger partial charge in [0.15, 0.2) is 6.61 Å². The summed E-state index contributed by atoms with van der Waals surface area (Å²) in [5, 5.41) is 5.04. The Labute approximate surface area is 121 Å². The Morgan fingerprint density at radius 2 is 2.00 bits per heavy atom. The molecule has 0 spiro atoms. The van der Waals surface area contributed by atoms with Crippen molar-refractivity contribution >= 4 is 22.4 Å². The molecule has 1 aliphatic heterocycles. The number of anilines is 1. The smallest absolute Gasteiger partial charge is 0.262 e. The van der Waals surface area contributed by atoms with Gasteiger partial charge < -0.3 is 10.1 Å². The lowest BCUT2D eigenvalue weighted by Crippen LogP contribution is -2.25. The molecule has 0 unspecified atom stereocenters. The van der Waals surface area contributed by atoms with Gasteiger partial charge in [-0.25, -0.2) is 0 Å².